The monoisotopic (exact) mass is 271 g/mol. The number of aliphatic carboxylic acids is 1. The number of hydrogen-bond donors (Lipinski definition) is 3. The Kier molecular flexibility index (Phi) is 6.84. The van der Waals surface area contributed by atoms with Crippen molar-refractivity contribution in [2.24, 2.45) is 5.41 Å². The molecular formula is C14H25NO4. The van der Waals surface area contributed by atoms with Gasteiger partial charge in [-0.15, -0.1) is 0 Å². The molecule has 0 spiro atoms. The molecule has 0 aromatic rings. The molecule has 5 nitrogen and oxygen atoms in total. The van der Waals surface area contributed by atoms with Gasteiger partial charge in [0.25, 0.3) is 0 Å². The Labute approximate surface area is 114 Å². The van der Waals surface area contributed by atoms with E-state index in [1.54, 1.807) is 0 Å². The zero-order chi connectivity index (χ0) is 14.1. The summed E-state index contributed by atoms with van der Waals surface area (Å²) < 4.78 is 0. The molecule has 1 saturated carbocycles. The molecule has 0 atom stereocenters. The molecule has 0 bridgehead atoms. The van der Waals surface area contributed by atoms with Crippen molar-refractivity contribution < 1.29 is 19.8 Å². The maximum Gasteiger partial charge on any atom is 0.303 e. The molecule has 110 valence electrons. The predicted molar refractivity (Wildman–Crippen MR) is 71.7 cm³/mol. The number of rotatable bonds is 8. The fourth-order valence-corrected chi connectivity index (χ4v) is 2.91. The number of hydrogen-bond acceptors (Lipinski definition) is 3. The van der Waals surface area contributed by atoms with E-state index in [4.69, 9.17) is 10.2 Å². The highest BCUT2D eigenvalue weighted by atomic mass is 16.4. The molecular weight excluding hydrogens is 246 g/mol. The van der Waals surface area contributed by atoms with E-state index in [-0.39, 0.29) is 24.3 Å². The summed E-state index contributed by atoms with van der Waals surface area (Å²) in [6, 6.07) is 0. The lowest BCUT2D eigenvalue weighted by molar-refractivity contribution is -0.141. The Morgan fingerprint density at radius 2 is 1.74 bits per heavy atom. The van der Waals surface area contributed by atoms with Crippen molar-refractivity contribution in [3.8, 4) is 0 Å². The van der Waals surface area contributed by atoms with Crippen LogP contribution < -0.4 is 5.32 Å². The molecule has 0 radical (unpaired) electrons. The van der Waals surface area contributed by atoms with Crippen molar-refractivity contribution in [1.82, 2.24) is 5.32 Å². The van der Waals surface area contributed by atoms with Gasteiger partial charge in [-0.3, -0.25) is 9.59 Å². The predicted octanol–water partition coefficient (Wildman–Crippen LogP) is 1.69. The van der Waals surface area contributed by atoms with Crippen molar-refractivity contribution in [2.75, 3.05) is 13.2 Å². The third-order valence-corrected chi connectivity index (χ3v) is 3.88. The summed E-state index contributed by atoms with van der Waals surface area (Å²) in [6.45, 7) is 0.696. The first kappa shape index (κ1) is 16.0. The van der Waals surface area contributed by atoms with Crippen LogP contribution in [0.3, 0.4) is 0 Å². The van der Waals surface area contributed by atoms with Gasteiger partial charge >= 0.3 is 5.97 Å². The minimum Gasteiger partial charge on any atom is -0.481 e. The van der Waals surface area contributed by atoms with Gasteiger partial charge in [-0.2, -0.15) is 0 Å². The first-order valence-corrected chi connectivity index (χ1v) is 7.17. The Hall–Kier alpha value is -1.10. The highest BCUT2D eigenvalue weighted by Crippen LogP contribution is 2.42. The zero-order valence-corrected chi connectivity index (χ0v) is 11.5. The highest BCUT2D eigenvalue weighted by Gasteiger charge is 2.36. The van der Waals surface area contributed by atoms with Crippen molar-refractivity contribution in [1.29, 1.82) is 0 Å². The van der Waals surface area contributed by atoms with Gasteiger partial charge in [-0.1, -0.05) is 19.3 Å². The topological polar surface area (TPSA) is 86.6 Å². The molecule has 1 rings (SSSR count). The molecule has 0 aromatic carbocycles. The minimum absolute atomic E-state index is 0.0545. The number of amides is 1. The van der Waals surface area contributed by atoms with E-state index < -0.39 is 5.97 Å². The molecule has 0 unspecified atom stereocenters. The average molecular weight is 271 g/mol. The fraction of sp³-hybridized carbons (Fsp3) is 0.857. The molecule has 1 aliphatic carbocycles. The summed E-state index contributed by atoms with van der Waals surface area (Å²) in [7, 11) is 0. The molecule has 0 aromatic heterocycles. The lowest BCUT2D eigenvalue weighted by Crippen LogP contribution is -2.35. The van der Waals surface area contributed by atoms with Crippen LogP contribution in [0, 0.1) is 5.41 Å². The number of unbranched alkanes of at least 4 members (excludes halogenated alkanes) is 1. The first-order valence-electron chi connectivity index (χ1n) is 7.17. The van der Waals surface area contributed by atoms with Gasteiger partial charge in [0.15, 0.2) is 0 Å². The fourth-order valence-electron chi connectivity index (χ4n) is 2.91. The van der Waals surface area contributed by atoms with Crippen LogP contribution in [0.4, 0.5) is 0 Å². The second-order valence-corrected chi connectivity index (χ2v) is 5.59. The summed E-state index contributed by atoms with van der Waals surface area (Å²) in [5.41, 5.74) is -0.342. The van der Waals surface area contributed by atoms with Crippen LogP contribution in [0.25, 0.3) is 0 Å². The number of nitrogens with one attached hydrogen (secondary N) is 1. The van der Waals surface area contributed by atoms with Gasteiger partial charge in [0.1, 0.15) is 0 Å². The quantitative estimate of drug-likeness (QED) is 0.586. The normalized spacial score (nSPS) is 17.9. The Morgan fingerprint density at radius 1 is 1.05 bits per heavy atom. The molecule has 3 N–H and O–H groups in total. The smallest absolute Gasteiger partial charge is 0.303 e. The van der Waals surface area contributed by atoms with Gasteiger partial charge in [-0.05, 0) is 31.1 Å². The van der Waals surface area contributed by atoms with Crippen LogP contribution in [-0.4, -0.2) is 35.2 Å². The summed E-state index contributed by atoms with van der Waals surface area (Å²) in [4.78, 5) is 22.9. The summed E-state index contributed by atoms with van der Waals surface area (Å²) in [5.74, 6) is -0.865. The molecule has 5 heteroatoms. The summed E-state index contributed by atoms with van der Waals surface area (Å²) in [5, 5.41) is 20.5. The third-order valence-electron chi connectivity index (χ3n) is 3.88. The number of carbonyl (C=O) groups excluding carboxylic acids is 1. The van der Waals surface area contributed by atoms with Crippen LogP contribution in [0.1, 0.15) is 57.8 Å². The van der Waals surface area contributed by atoms with Crippen molar-refractivity contribution >= 4 is 11.9 Å². The van der Waals surface area contributed by atoms with Crippen LogP contribution >= 0.6 is 0 Å². The maximum absolute atomic E-state index is 11.9. The highest BCUT2D eigenvalue weighted by molar-refractivity contribution is 5.78. The van der Waals surface area contributed by atoms with Crippen LogP contribution in [0.15, 0.2) is 0 Å². The van der Waals surface area contributed by atoms with E-state index in [2.05, 4.69) is 5.32 Å². The first-order chi connectivity index (χ1) is 9.08. The van der Waals surface area contributed by atoms with Crippen LogP contribution in [0.2, 0.25) is 0 Å². The molecule has 0 saturated heterocycles. The van der Waals surface area contributed by atoms with Gasteiger partial charge in [0.2, 0.25) is 5.91 Å². The molecule has 0 heterocycles. The average Bonchev–Trinajstić information content (AvgIpc) is 2.34. The second-order valence-electron chi connectivity index (χ2n) is 5.59. The lowest BCUT2D eigenvalue weighted by Gasteiger charge is -2.35. The minimum atomic E-state index is -0.810. The van der Waals surface area contributed by atoms with E-state index in [0.717, 1.165) is 38.5 Å². The Bertz CT molecular complexity index is 298. The number of carboxylic acid groups (broad SMARTS) is 1. The van der Waals surface area contributed by atoms with Crippen molar-refractivity contribution in [3.63, 3.8) is 0 Å². The van der Waals surface area contributed by atoms with Gasteiger partial charge in [-0.25, -0.2) is 0 Å². The number of aliphatic hydroxyl groups excluding tert-OH is 1. The molecule has 19 heavy (non-hydrogen) atoms. The van der Waals surface area contributed by atoms with Crippen molar-refractivity contribution in [2.45, 2.75) is 57.8 Å². The van der Waals surface area contributed by atoms with E-state index >= 15 is 0 Å². The molecule has 1 amide bonds. The van der Waals surface area contributed by atoms with Gasteiger partial charge in [0, 0.05) is 19.6 Å². The maximum atomic E-state index is 11.9. The van der Waals surface area contributed by atoms with E-state index in [1.807, 2.05) is 0 Å². The van der Waals surface area contributed by atoms with E-state index in [1.165, 1.54) is 0 Å². The standard InChI is InChI=1S/C14H25NO4/c16-9-5-4-8-15-12(17)10-14(11-13(18)19)6-2-1-3-7-14/h16H,1-11H2,(H,15,17)(H,18,19). The Balaban J connectivity index is 2.43. The molecule has 1 aliphatic rings. The second kappa shape index (κ2) is 8.15. The molecule has 1 fully saturated rings. The van der Waals surface area contributed by atoms with Crippen molar-refractivity contribution in [3.05, 3.63) is 0 Å². The third kappa shape index (κ3) is 6.05. The summed E-state index contributed by atoms with van der Waals surface area (Å²) in [6.07, 6.45) is 6.70. The van der Waals surface area contributed by atoms with E-state index in [9.17, 15) is 9.59 Å². The Morgan fingerprint density at radius 3 is 2.32 bits per heavy atom. The van der Waals surface area contributed by atoms with Gasteiger partial charge < -0.3 is 15.5 Å². The zero-order valence-electron chi connectivity index (χ0n) is 11.5. The lowest BCUT2D eigenvalue weighted by atomic mass is 9.69. The number of aliphatic hydroxyl groups is 1. The van der Waals surface area contributed by atoms with Gasteiger partial charge in [0.05, 0.1) is 6.42 Å². The largest absolute Gasteiger partial charge is 0.481 e. The van der Waals surface area contributed by atoms with Crippen LogP contribution in [-0.2, 0) is 9.59 Å². The van der Waals surface area contributed by atoms with Crippen LogP contribution in [0.5, 0.6) is 0 Å². The van der Waals surface area contributed by atoms with E-state index in [0.29, 0.717) is 19.4 Å². The summed E-state index contributed by atoms with van der Waals surface area (Å²) >= 11 is 0. The molecule has 0 aliphatic heterocycles. The number of carbonyl (C=O) groups is 2. The number of carboxylic acids is 1. The SMILES string of the molecule is O=C(O)CC1(CC(=O)NCCCCO)CCCCC1.